The first-order valence-electron chi connectivity index (χ1n) is 8.67. The van der Waals surface area contributed by atoms with Crippen LogP contribution in [0.4, 0.5) is 11.7 Å². The zero-order valence-corrected chi connectivity index (χ0v) is 14.8. The Kier molecular flexibility index (Phi) is 4.42. The number of aryl methyl sites for hydroxylation is 1. The highest BCUT2D eigenvalue weighted by Gasteiger charge is 2.35. The number of nitrogens with zero attached hydrogens (tertiary/aromatic N) is 3. The predicted octanol–water partition coefficient (Wildman–Crippen LogP) is 3.15. The van der Waals surface area contributed by atoms with E-state index in [0.29, 0.717) is 24.4 Å². The lowest BCUT2D eigenvalue weighted by atomic mass is 10.1. The average Bonchev–Trinajstić information content (AvgIpc) is 3.29. The van der Waals surface area contributed by atoms with E-state index >= 15 is 0 Å². The molecule has 4 rings (SSSR count). The fraction of sp³-hybridized carbons (Fsp3) is 0.200. The Morgan fingerprint density at radius 1 is 1.11 bits per heavy atom. The smallest absolute Gasteiger partial charge is 0.322 e. The monoisotopic (exact) mass is 362 g/mol. The normalized spacial score (nSPS) is 16.6. The molecule has 0 radical (unpaired) electrons. The van der Waals surface area contributed by atoms with Gasteiger partial charge in [-0.1, -0.05) is 41.0 Å². The highest BCUT2D eigenvalue weighted by molar-refractivity contribution is 6.03. The van der Waals surface area contributed by atoms with Gasteiger partial charge in [0.05, 0.1) is 5.92 Å². The van der Waals surface area contributed by atoms with Crippen LogP contribution in [-0.2, 0) is 4.79 Å². The molecule has 2 heterocycles. The molecule has 0 bridgehead atoms. The highest BCUT2D eigenvalue weighted by atomic mass is 16.4. The van der Waals surface area contributed by atoms with Crippen molar-refractivity contribution in [1.29, 1.82) is 0 Å². The lowest BCUT2D eigenvalue weighted by Crippen LogP contribution is -2.24. The number of carbonyl (C=O) groups excluding carboxylic acids is 2. The molecular formula is C20H18N4O3. The van der Waals surface area contributed by atoms with Gasteiger partial charge in [0.1, 0.15) is 0 Å². The van der Waals surface area contributed by atoms with Crippen LogP contribution < -0.4 is 10.2 Å². The summed E-state index contributed by atoms with van der Waals surface area (Å²) >= 11 is 0. The number of carbonyl (C=O) groups is 2. The van der Waals surface area contributed by atoms with Crippen molar-refractivity contribution in [3.05, 3.63) is 71.6 Å². The van der Waals surface area contributed by atoms with Gasteiger partial charge in [-0.3, -0.25) is 14.9 Å². The van der Waals surface area contributed by atoms with Gasteiger partial charge >= 0.3 is 6.01 Å². The van der Waals surface area contributed by atoms with Crippen LogP contribution in [0.15, 0.2) is 59.0 Å². The van der Waals surface area contributed by atoms with Gasteiger partial charge in [0.15, 0.2) is 0 Å². The number of aromatic nitrogens is 2. The number of amides is 2. The van der Waals surface area contributed by atoms with Gasteiger partial charge in [-0.25, -0.2) is 0 Å². The lowest BCUT2D eigenvalue weighted by molar-refractivity contribution is -0.117. The zero-order chi connectivity index (χ0) is 18.8. The number of para-hydroxylation sites is 1. The summed E-state index contributed by atoms with van der Waals surface area (Å²) in [7, 11) is 0. The van der Waals surface area contributed by atoms with Crippen LogP contribution in [0, 0.1) is 6.92 Å². The van der Waals surface area contributed by atoms with E-state index in [1.165, 1.54) is 0 Å². The molecule has 1 aliphatic heterocycles. The summed E-state index contributed by atoms with van der Waals surface area (Å²) in [5.41, 5.74) is 2.42. The van der Waals surface area contributed by atoms with Crippen LogP contribution in [0.3, 0.4) is 0 Å². The average molecular weight is 362 g/mol. The Hall–Kier alpha value is -3.48. The lowest BCUT2D eigenvalue weighted by Gasteiger charge is -2.15. The minimum atomic E-state index is -0.321. The van der Waals surface area contributed by atoms with Crippen LogP contribution in [0.2, 0.25) is 0 Å². The fourth-order valence-corrected chi connectivity index (χ4v) is 3.05. The van der Waals surface area contributed by atoms with Crippen molar-refractivity contribution in [2.24, 2.45) is 0 Å². The van der Waals surface area contributed by atoms with E-state index < -0.39 is 0 Å². The van der Waals surface area contributed by atoms with Crippen molar-refractivity contribution < 1.29 is 14.0 Å². The molecule has 27 heavy (non-hydrogen) atoms. The van der Waals surface area contributed by atoms with Crippen molar-refractivity contribution in [2.45, 2.75) is 19.3 Å². The van der Waals surface area contributed by atoms with Crippen LogP contribution >= 0.6 is 0 Å². The first-order valence-corrected chi connectivity index (χ1v) is 8.67. The molecule has 1 aromatic heterocycles. The van der Waals surface area contributed by atoms with Gasteiger partial charge in [-0.05, 0) is 31.2 Å². The van der Waals surface area contributed by atoms with Gasteiger partial charge in [0, 0.05) is 24.2 Å². The second kappa shape index (κ2) is 7.03. The van der Waals surface area contributed by atoms with Crippen LogP contribution in [0.5, 0.6) is 0 Å². The summed E-state index contributed by atoms with van der Waals surface area (Å²) in [5.74, 6) is -0.163. The molecule has 3 aromatic rings. The minimum Gasteiger partial charge on any atom is -0.407 e. The topological polar surface area (TPSA) is 88.3 Å². The van der Waals surface area contributed by atoms with E-state index in [9.17, 15) is 9.59 Å². The Morgan fingerprint density at radius 2 is 1.85 bits per heavy atom. The Morgan fingerprint density at radius 3 is 2.59 bits per heavy atom. The molecular weight excluding hydrogens is 344 g/mol. The van der Waals surface area contributed by atoms with Gasteiger partial charge in [-0.2, -0.15) is 0 Å². The Balaban J connectivity index is 1.44. The fourth-order valence-electron chi connectivity index (χ4n) is 3.05. The summed E-state index contributed by atoms with van der Waals surface area (Å²) in [6.07, 6.45) is 0.294. The molecule has 7 nitrogen and oxygen atoms in total. The third kappa shape index (κ3) is 3.57. The largest absolute Gasteiger partial charge is 0.407 e. The summed E-state index contributed by atoms with van der Waals surface area (Å²) < 4.78 is 5.58. The van der Waals surface area contributed by atoms with Crippen molar-refractivity contribution >= 4 is 23.5 Å². The molecule has 1 atom stereocenters. The number of nitrogens with one attached hydrogen (secondary N) is 1. The van der Waals surface area contributed by atoms with Crippen molar-refractivity contribution in [1.82, 2.24) is 10.2 Å². The third-order valence-corrected chi connectivity index (χ3v) is 4.52. The number of anilines is 2. The minimum absolute atomic E-state index is 0.00893. The molecule has 0 saturated carbocycles. The second-order valence-electron chi connectivity index (χ2n) is 6.51. The standard InChI is InChI=1S/C20H18N4O3/c1-13-7-9-14(10-8-13)18(26)21-20-23-22-19(27-20)15-11-17(25)24(12-15)16-5-3-2-4-6-16/h2-10,15H,11-12H2,1H3,(H,21,23,26)/t15-/m1/s1. The third-order valence-electron chi connectivity index (χ3n) is 4.52. The van der Waals surface area contributed by atoms with Gasteiger partial charge in [0.2, 0.25) is 11.8 Å². The molecule has 0 unspecified atom stereocenters. The van der Waals surface area contributed by atoms with Gasteiger partial charge in [0.25, 0.3) is 5.91 Å². The van der Waals surface area contributed by atoms with Gasteiger partial charge < -0.3 is 9.32 Å². The molecule has 0 aliphatic carbocycles. The SMILES string of the molecule is Cc1ccc(C(=O)Nc2nnc([C@@H]3CC(=O)N(c4ccccc4)C3)o2)cc1. The van der Waals surface area contributed by atoms with Gasteiger partial charge in [-0.15, -0.1) is 5.10 Å². The van der Waals surface area contributed by atoms with Crippen LogP contribution in [0.25, 0.3) is 0 Å². The van der Waals surface area contributed by atoms with Crippen molar-refractivity contribution in [3.63, 3.8) is 0 Å². The number of benzene rings is 2. The molecule has 1 aliphatic rings. The number of hydrogen-bond acceptors (Lipinski definition) is 5. The Bertz CT molecular complexity index is 966. The summed E-state index contributed by atoms with van der Waals surface area (Å²) in [4.78, 5) is 26.3. The van der Waals surface area contributed by atoms with Crippen molar-refractivity contribution in [2.75, 3.05) is 16.8 Å². The van der Waals surface area contributed by atoms with E-state index in [2.05, 4.69) is 15.5 Å². The van der Waals surface area contributed by atoms with E-state index in [0.717, 1.165) is 11.3 Å². The number of hydrogen-bond donors (Lipinski definition) is 1. The van der Waals surface area contributed by atoms with E-state index in [-0.39, 0.29) is 23.7 Å². The van der Waals surface area contributed by atoms with Crippen LogP contribution in [-0.4, -0.2) is 28.6 Å². The maximum absolute atomic E-state index is 12.3. The first-order chi connectivity index (χ1) is 13.1. The predicted molar refractivity (Wildman–Crippen MR) is 99.6 cm³/mol. The quantitative estimate of drug-likeness (QED) is 0.770. The molecule has 1 N–H and O–H groups in total. The summed E-state index contributed by atoms with van der Waals surface area (Å²) in [5, 5.41) is 10.5. The highest BCUT2D eigenvalue weighted by Crippen LogP contribution is 2.31. The maximum Gasteiger partial charge on any atom is 0.322 e. The first kappa shape index (κ1) is 17.0. The molecule has 7 heteroatoms. The zero-order valence-electron chi connectivity index (χ0n) is 14.8. The number of rotatable bonds is 4. The van der Waals surface area contributed by atoms with Crippen molar-refractivity contribution in [3.8, 4) is 0 Å². The van der Waals surface area contributed by atoms with E-state index in [1.54, 1.807) is 17.0 Å². The Labute approximate surface area is 156 Å². The molecule has 0 spiro atoms. The molecule has 1 fully saturated rings. The van der Waals surface area contributed by atoms with E-state index in [1.807, 2.05) is 49.4 Å². The molecule has 136 valence electrons. The van der Waals surface area contributed by atoms with E-state index in [4.69, 9.17) is 4.42 Å². The molecule has 2 amide bonds. The maximum atomic E-state index is 12.3. The summed E-state index contributed by atoms with van der Waals surface area (Å²) in [6, 6.07) is 16.7. The summed E-state index contributed by atoms with van der Waals surface area (Å²) in [6.45, 7) is 2.42. The molecule has 1 saturated heterocycles. The second-order valence-corrected chi connectivity index (χ2v) is 6.51. The van der Waals surface area contributed by atoms with Crippen LogP contribution in [0.1, 0.15) is 34.2 Å². The molecule has 2 aromatic carbocycles.